The van der Waals surface area contributed by atoms with Gasteiger partial charge in [-0.05, 0) is 17.7 Å². The van der Waals surface area contributed by atoms with Crippen molar-refractivity contribution in [2.75, 3.05) is 0 Å². The molecule has 0 radical (unpaired) electrons. The van der Waals surface area contributed by atoms with Gasteiger partial charge >= 0.3 is 0 Å². The fraction of sp³-hybridized carbons (Fsp3) is 0.0833. The molecule has 3 heterocycles. The minimum Gasteiger partial charge on any atom is -0.355 e. The smallest absolute Gasteiger partial charge is 0.275 e. The maximum atomic E-state index is 11.5. The van der Waals surface area contributed by atoms with E-state index in [1.807, 2.05) is 18.3 Å². The van der Waals surface area contributed by atoms with Gasteiger partial charge in [-0.2, -0.15) is 0 Å². The summed E-state index contributed by atoms with van der Waals surface area (Å²) in [4.78, 5) is 25.2. The van der Waals surface area contributed by atoms with Gasteiger partial charge in [0, 0.05) is 30.6 Å². The van der Waals surface area contributed by atoms with E-state index in [4.69, 9.17) is 0 Å². The van der Waals surface area contributed by atoms with Crippen LogP contribution in [0, 0.1) is 0 Å². The predicted molar refractivity (Wildman–Crippen MR) is 63.8 cm³/mol. The Labute approximate surface area is 96.6 Å². The van der Waals surface area contributed by atoms with E-state index in [0.29, 0.717) is 5.52 Å². The van der Waals surface area contributed by atoms with Crippen molar-refractivity contribution in [2.24, 2.45) is 0 Å². The van der Waals surface area contributed by atoms with Gasteiger partial charge in [0.25, 0.3) is 5.56 Å². The van der Waals surface area contributed by atoms with Gasteiger partial charge in [0.15, 0.2) is 0 Å². The average Bonchev–Trinajstić information content (AvgIpc) is 2.76. The van der Waals surface area contributed by atoms with Crippen molar-refractivity contribution in [3.63, 3.8) is 0 Å². The van der Waals surface area contributed by atoms with Crippen molar-refractivity contribution in [3.8, 4) is 0 Å². The molecule has 0 aromatic carbocycles. The Morgan fingerprint density at radius 1 is 1.18 bits per heavy atom. The van der Waals surface area contributed by atoms with Crippen LogP contribution >= 0.6 is 0 Å². The van der Waals surface area contributed by atoms with Crippen LogP contribution in [0.15, 0.2) is 41.8 Å². The Bertz CT molecular complexity index is 699. The lowest BCUT2D eigenvalue weighted by molar-refractivity contribution is 1.14. The topological polar surface area (TPSA) is 74.4 Å². The Hall–Kier alpha value is -2.43. The van der Waals surface area contributed by atoms with E-state index in [2.05, 4.69) is 19.9 Å². The van der Waals surface area contributed by atoms with E-state index < -0.39 is 0 Å². The van der Waals surface area contributed by atoms with Gasteiger partial charge in [-0.15, -0.1) is 0 Å². The van der Waals surface area contributed by atoms with Gasteiger partial charge < -0.3 is 9.97 Å². The van der Waals surface area contributed by atoms with Gasteiger partial charge in [-0.25, -0.2) is 4.98 Å². The zero-order valence-corrected chi connectivity index (χ0v) is 8.97. The van der Waals surface area contributed by atoms with Crippen LogP contribution in [-0.4, -0.2) is 19.9 Å². The third-order valence-electron chi connectivity index (χ3n) is 2.69. The first kappa shape index (κ1) is 9.77. The second kappa shape index (κ2) is 3.86. The van der Waals surface area contributed by atoms with Crippen molar-refractivity contribution in [1.29, 1.82) is 0 Å². The fourth-order valence-electron chi connectivity index (χ4n) is 1.86. The highest BCUT2D eigenvalue weighted by Gasteiger charge is 2.07. The molecule has 17 heavy (non-hydrogen) atoms. The molecule has 3 aromatic rings. The van der Waals surface area contributed by atoms with E-state index in [0.717, 1.165) is 23.1 Å². The van der Waals surface area contributed by atoms with E-state index in [9.17, 15) is 4.79 Å². The van der Waals surface area contributed by atoms with Gasteiger partial charge in [-0.1, -0.05) is 0 Å². The monoisotopic (exact) mass is 226 g/mol. The maximum absolute atomic E-state index is 11.5. The molecule has 5 nitrogen and oxygen atoms in total. The zero-order valence-electron chi connectivity index (χ0n) is 8.97. The van der Waals surface area contributed by atoms with Crippen LogP contribution in [0.2, 0.25) is 0 Å². The molecular weight excluding hydrogens is 216 g/mol. The first-order chi connectivity index (χ1) is 8.34. The van der Waals surface area contributed by atoms with Crippen LogP contribution < -0.4 is 5.56 Å². The number of aromatic nitrogens is 4. The molecule has 84 valence electrons. The Morgan fingerprint density at radius 3 is 2.82 bits per heavy atom. The lowest BCUT2D eigenvalue weighted by Crippen LogP contribution is -2.05. The van der Waals surface area contributed by atoms with Crippen LogP contribution in [0.5, 0.6) is 0 Å². The summed E-state index contributed by atoms with van der Waals surface area (Å²) in [5.41, 5.74) is 3.26. The number of nitrogens with one attached hydrogen (secondary N) is 2. The summed E-state index contributed by atoms with van der Waals surface area (Å²) in [5.74, 6) is 0. The summed E-state index contributed by atoms with van der Waals surface area (Å²) in [5, 5.41) is 0. The predicted octanol–water partition coefficient (Wildman–Crippen LogP) is 1.24. The third-order valence-corrected chi connectivity index (χ3v) is 2.69. The number of hydrogen-bond acceptors (Lipinski definition) is 3. The lowest BCUT2D eigenvalue weighted by atomic mass is 10.1. The highest BCUT2D eigenvalue weighted by molar-refractivity contribution is 5.77. The zero-order chi connectivity index (χ0) is 11.7. The summed E-state index contributed by atoms with van der Waals surface area (Å²) in [6.45, 7) is 0. The largest absolute Gasteiger partial charge is 0.355 e. The Morgan fingerprint density at radius 2 is 2.00 bits per heavy atom. The molecule has 0 aliphatic carbocycles. The molecule has 0 atom stereocenters. The molecule has 0 bridgehead atoms. The molecule has 0 amide bonds. The van der Waals surface area contributed by atoms with Crippen LogP contribution in [0.25, 0.3) is 11.0 Å². The normalized spacial score (nSPS) is 10.8. The minimum absolute atomic E-state index is 0.143. The Balaban J connectivity index is 2.08. The van der Waals surface area contributed by atoms with Crippen LogP contribution in [0.4, 0.5) is 0 Å². The number of nitrogens with zero attached hydrogens (tertiary/aromatic N) is 2. The quantitative estimate of drug-likeness (QED) is 0.690. The molecule has 0 saturated carbocycles. The summed E-state index contributed by atoms with van der Waals surface area (Å²) in [6.07, 6.45) is 7.50. The molecule has 2 N–H and O–H groups in total. The van der Waals surface area contributed by atoms with Crippen molar-refractivity contribution in [2.45, 2.75) is 6.42 Å². The third kappa shape index (κ3) is 1.71. The summed E-state index contributed by atoms with van der Waals surface area (Å²) < 4.78 is 0. The number of fused-ring (bicyclic) bond motifs is 1. The molecule has 0 saturated heterocycles. The van der Waals surface area contributed by atoms with E-state index in [-0.39, 0.29) is 5.56 Å². The van der Waals surface area contributed by atoms with Gasteiger partial charge in [-0.3, -0.25) is 9.78 Å². The molecular formula is C12H10N4O. The highest BCUT2D eigenvalue weighted by atomic mass is 16.1. The van der Waals surface area contributed by atoms with Gasteiger partial charge in [0.05, 0.1) is 11.8 Å². The van der Waals surface area contributed by atoms with Crippen molar-refractivity contribution in [3.05, 3.63) is 58.5 Å². The molecule has 0 aliphatic rings. The number of H-pyrrole nitrogens is 2. The summed E-state index contributed by atoms with van der Waals surface area (Å²) in [6, 6.07) is 3.90. The number of pyridine rings is 1. The second-order valence-electron chi connectivity index (χ2n) is 3.80. The average molecular weight is 226 g/mol. The molecule has 0 aliphatic heterocycles. The number of aromatic amines is 2. The van der Waals surface area contributed by atoms with Crippen molar-refractivity contribution in [1.82, 2.24) is 19.9 Å². The number of rotatable bonds is 2. The number of hydrogen-bond donors (Lipinski definition) is 2. The first-order valence-electron chi connectivity index (χ1n) is 5.27. The van der Waals surface area contributed by atoms with Crippen LogP contribution in [0.3, 0.4) is 0 Å². The molecule has 0 fully saturated rings. The Kier molecular flexibility index (Phi) is 2.22. The SMILES string of the molecule is O=c1[nH]cnc2c(Cc3ccncc3)c[nH]c12. The van der Waals surface area contributed by atoms with Crippen molar-refractivity contribution < 1.29 is 0 Å². The minimum atomic E-state index is -0.143. The van der Waals surface area contributed by atoms with Crippen LogP contribution in [0.1, 0.15) is 11.1 Å². The second-order valence-corrected chi connectivity index (χ2v) is 3.80. The summed E-state index contributed by atoms with van der Waals surface area (Å²) >= 11 is 0. The molecule has 0 spiro atoms. The van der Waals surface area contributed by atoms with Crippen molar-refractivity contribution >= 4 is 11.0 Å². The molecule has 3 rings (SSSR count). The molecule has 3 aromatic heterocycles. The van der Waals surface area contributed by atoms with Gasteiger partial charge in [0.1, 0.15) is 5.52 Å². The fourth-order valence-corrected chi connectivity index (χ4v) is 1.86. The standard InChI is InChI=1S/C12H10N4O/c17-12-11-10(15-7-16-12)9(6-14-11)5-8-1-3-13-4-2-8/h1-4,6-7,14H,5H2,(H,15,16,17). The van der Waals surface area contributed by atoms with Crippen LogP contribution in [-0.2, 0) is 6.42 Å². The van der Waals surface area contributed by atoms with Gasteiger partial charge in [0.2, 0.25) is 0 Å². The highest BCUT2D eigenvalue weighted by Crippen LogP contribution is 2.15. The first-order valence-corrected chi connectivity index (χ1v) is 5.27. The van der Waals surface area contributed by atoms with E-state index >= 15 is 0 Å². The molecule has 5 heteroatoms. The molecule has 0 unspecified atom stereocenters. The van der Waals surface area contributed by atoms with E-state index in [1.165, 1.54) is 6.33 Å². The summed E-state index contributed by atoms with van der Waals surface area (Å²) in [7, 11) is 0. The maximum Gasteiger partial charge on any atom is 0.275 e. The lowest BCUT2D eigenvalue weighted by Gasteiger charge is -1.98. The van der Waals surface area contributed by atoms with E-state index in [1.54, 1.807) is 12.4 Å².